The molecule has 0 saturated carbocycles. The average Bonchev–Trinajstić information content (AvgIpc) is 3.11. The van der Waals surface area contributed by atoms with Crippen LogP contribution in [-0.4, -0.2) is 76.6 Å². The molecule has 1 N–H and O–H groups in total. The number of amides is 1. The van der Waals surface area contributed by atoms with Crippen LogP contribution in [0.3, 0.4) is 0 Å². The molecule has 0 bridgehead atoms. The second kappa shape index (κ2) is 11.4. The molecule has 9 nitrogen and oxygen atoms in total. The first kappa shape index (κ1) is 29.2. The van der Waals surface area contributed by atoms with Crippen LogP contribution < -0.4 is 0 Å². The number of aryl methyl sites for hydroxylation is 1. The van der Waals surface area contributed by atoms with Crippen LogP contribution in [0.2, 0.25) is 18.1 Å². The van der Waals surface area contributed by atoms with Crippen LogP contribution in [0.1, 0.15) is 50.3 Å². The van der Waals surface area contributed by atoms with Gasteiger partial charge < -0.3 is 19.2 Å². The number of Topliss-reactive ketones (excluding diaryl/α,β-unsaturated/α-hetero) is 1. The van der Waals surface area contributed by atoms with E-state index in [0.717, 1.165) is 5.69 Å². The number of rotatable bonds is 12. The van der Waals surface area contributed by atoms with Gasteiger partial charge in [0.2, 0.25) is 11.4 Å². The lowest BCUT2D eigenvalue weighted by atomic mass is 9.80. The quantitative estimate of drug-likeness (QED) is 0.0844. The predicted molar refractivity (Wildman–Crippen MR) is 136 cm³/mol. The zero-order valence-corrected chi connectivity index (χ0v) is 23.5. The summed E-state index contributed by atoms with van der Waals surface area (Å²) >= 11 is 6.34. The van der Waals surface area contributed by atoms with E-state index in [1.165, 1.54) is 11.0 Å². The van der Waals surface area contributed by atoms with Crippen molar-refractivity contribution < 1.29 is 28.7 Å². The van der Waals surface area contributed by atoms with E-state index in [2.05, 4.69) is 45.5 Å². The summed E-state index contributed by atoms with van der Waals surface area (Å²) in [5.41, 5.74) is -0.407. The largest absolute Gasteiger partial charge is 0.459 e. The Morgan fingerprint density at radius 2 is 2.00 bits per heavy atom. The Labute approximate surface area is 213 Å². The number of ether oxygens (including phenoxy) is 1. The number of hydrogen-bond donors (Lipinski definition) is 1. The summed E-state index contributed by atoms with van der Waals surface area (Å²) < 4.78 is 13.0. The highest BCUT2D eigenvalue weighted by atomic mass is 35.5. The van der Waals surface area contributed by atoms with Gasteiger partial charge in [0, 0.05) is 12.1 Å². The lowest BCUT2D eigenvalue weighted by Gasteiger charge is -2.52. The molecule has 2 heterocycles. The predicted octanol–water partition coefficient (Wildman–Crippen LogP) is 3.29. The van der Waals surface area contributed by atoms with Crippen molar-refractivity contribution in [3.8, 4) is 0 Å². The van der Waals surface area contributed by atoms with E-state index in [4.69, 9.17) is 20.8 Å². The molecule has 0 spiro atoms. The van der Waals surface area contributed by atoms with Crippen LogP contribution in [0.4, 0.5) is 0 Å². The zero-order chi connectivity index (χ0) is 26.7. The molecule has 1 unspecified atom stereocenters. The first-order valence-electron chi connectivity index (χ1n) is 11.8. The number of aromatic nitrogens is 2. The summed E-state index contributed by atoms with van der Waals surface area (Å²) in [6.45, 7) is 17.8. The Kier molecular flexibility index (Phi) is 9.49. The highest BCUT2D eigenvalue weighted by Gasteiger charge is 2.56. The maximum absolute atomic E-state index is 13.2. The number of carbonyl (C=O) groups is 3. The van der Waals surface area contributed by atoms with Crippen molar-refractivity contribution >= 4 is 37.6 Å². The minimum Gasteiger partial charge on any atom is -0.459 e. The fraction of sp³-hybridized carbons (Fsp3) is 0.667. The van der Waals surface area contributed by atoms with Gasteiger partial charge in [-0.25, -0.2) is 4.79 Å². The maximum Gasteiger partial charge on any atom is 0.344 e. The van der Waals surface area contributed by atoms with E-state index in [0.29, 0.717) is 0 Å². The molecule has 196 valence electrons. The number of hydrogen-bond acceptors (Lipinski definition) is 7. The van der Waals surface area contributed by atoms with Gasteiger partial charge in [0.05, 0.1) is 31.2 Å². The Balaban J connectivity index is 2.31. The van der Waals surface area contributed by atoms with E-state index in [9.17, 15) is 19.5 Å². The number of aliphatic hydroxyl groups is 1. The first-order chi connectivity index (χ1) is 16.2. The van der Waals surface area contributed by atoms with Crippen molar-refractivity contribution in [3.63, 3.8) is 0 Å². The minimum atomic E-state index is -2.21. The molecule has 1 aromatic rings. The number of carbonyl (C=O) groups excluding carboxylic acids is 3. The number of halogens is 1. The molecule has 1 aromatic heterocycles. The smallest absolute Gasteiger partial charge is 0.344 e. The molecule has 2 rings (SSSR count). The Morgan fingerprint density at radius 1 is 1.37 bits per heavy atom. The van der Waals surface area contributed by atoms with Crippen molar-refractivity contribution in [3.05, 3.63) is 30.1 Å². The summed E-state index contributed by atoms with van der Waals surface area (Å²) in [7, 11) is -2.21. The SMILES string of the molecule is C=CCOC(=O)C(Cl)N1C(=O)[C@H]([C@@H](C)O[Si](C)(C)C(C)(C)C)[C@H]1CC(=O)c1cc(C)n(CCO)n1. The lowest BCUT2D eigenvalue weighted by Crippen LogP contribution is -2.69. The van der Waals surface area contributed by atoms with Gasteiger partial charge in [-0.1, -0.05) is 45.0 Å². The van der Waals surface area contributed by atoms with E-state index in [1.807, 2.05) is 6.92 Å². The second-order valence-corrected chi connectivity index (χ2v) is 15.6. The Morgan fingerprint density at radius 3 is 2.54 bits per heavy atom. The van der Waals surface area contributed by atoms with Crippen LogP contribution in [0, 0.1) is 12.8 Å². The fourth-order valence-electron chi connectivity index (χ4n) is 3.91. The molecule has 1 aliphatic rings. The highest BCUT2D eigenvalue weighted by molar-refractivity contribution is 6.74. The van der Waals surface area contributed by atoms with Gasteiger partial charge in [-0.05, 0) is 38.0 Å². The molecule has 4 atom stereocenters. The molecule has 1 amide bonds. The lowest BCUT2D eigenvalue weighted by molar-refractivity contribution is -0.172. The van der Waals surface area contributed by atoms with Crippen molar-refractivity contribution in [2.24, 2.45) is 5.92 Å². The van der Waals surface area contributed by atoms with Crippen molar-refractivity contribution in [1.82, 2.24) is 14.7 Å². The molecule has 0 aliphatic carbocycles. The summed E-state index contributed by atoms with van der Waals surface area (Å²) in [6.07, 6.45) is 0.859. The fourth-order valence-corrected chi connectivity index (χ4v) is 5.64. The number of alkyl halides is 1. The first-order valence-corrected chi connectivity index (χ1v) is 15.1. The van der Waals surface area contributed by atoms with Crippen molar-refractivity contribution in [2.45, 2.75) is 83.4 Å². The standard InChI is InChI=1S/C24H38ClN3O6Si/c1-9-12-33-23(32)21(25)28-18(14-19(30)17-13-15(2)27(26-17)10-11-29)20(22(28)31)16(3)34-35(7,8)24(4,5)6/h9,13,16,18,20-21,29H,1,10-12,14H2,2-8H3/t16-,18-,20-,21?/m1/s1. The summed E-state index contributed by atoms with van der Waals surface area (Å²) in [4.78, 5) is 40.0. The number of β-lactam (4-membered cyclic amide) rings is 1. The maximum atomic E-state index is 13.2. The molecule has 0 radical (unpaired) electrons. The van der Waals surface area contributed by atoms with Crippen LogP contribution in [0.25, 0.3) is 0 Å². The highest BCUT2D eigenvalue weighted by Crippen LogP contribution is 2.42. The molecular weight excluding hydrogens is 490 g/mol. The molecule has 1 saturated heterocycles. The number of aliphatic hydroxyl groups excluding tert-OH is 1. The third-order valence-electron chi connectivity index (χ3n) is 6.86. The van der Waals surface area contributed by atoms with E-state index in [-0.39, 0.29) is 48.6 Å². The summed E-state index contributed by atoms with van der Waals surface area (Å²) in [6, 6.07) is 0.987. The number of ketones is 1. The molecule has 1 fully saturated rings. The molecular formula is C24H38ClN3O6Si. The molecule has 1 aliphatic heterocycles. The third kappa shape index (κ3) is 6.41. The molecule has 35 heavy (non-hydrogen) atoms. The number of esters is 1. The normalized spacial score (nSPS) is 20.3. The van der Waals surface area contributed by atoms with Crippen molar-refractivity contribution in [2.75, 3.05) is 13.2 Å². The Hall–Kier alpha value is -2.01. The van der Waals surface area contributed by atoms with Crippen LogP contribution in [0.5, 0.6) is 0 Å². The second-order valence-electron chi connectivity index (χ2n) is 10.4. The molecule has 0 aromatic carbocycles. The monoisotopic (exact) mass is 527 g/mol. The van der Waals surface area contributed by atoms with E-state index >= 15 is 0 Å². The average molecular weight is 528 g/mol. The van der Waals surface area contributed by atoms with Gasteiger partial charge in [0.1, 0.15) is 12.3 Å². The van der Waals surface area contributed by atoms with Gasteiger partial charge in [0.25, 0.3) is 0 Å². The van der Waals surface area contributed by atoms with Gasteiger partial charge in [-0.3, -0.25) is 14.3 Å². The van der Waals surface area contributed by atoms with Gasteiger partial charge >= 0.3 is 5.97 Å². The van der Waals surface area contributed by atoms with Crippen molar-refractivity contribution in [1.29, 1.82) is 0 Å². The van der Waals surface area contributed by atoms with E-state index in [1.54, 1.807) is 17.7 Å². The third-order valence-corrected chi connectivity index (χ3v) is 11.8. The minimum absolute atomic E-state index is 0.0381. The summed E-state index contributed by atoms with van der Waals surface area (Å²) in [5, 5.41) is 13.4. The topological polar surface area (TPSA) is 111 Å². The summed E-state index contributed by atoms with van der Waals surface area (Å²) in [5.74, 6) is -2.06. The number of nitrogens with zero attached hydrogens (tertiary/aromatic N) is 3. The van der Waals surface area contributed by atoms with Crippen LogP contribution in [0.15, 0.2) is 18.7 Å². The van der Waals surface area contributed by atoms with Gasteiger partial charge in [-0.15, -0.1) is 0 Å². The van der Waals surface area contributed by atoms with E-state index < -0.39 is 37.9 Å². The van der Waals surface area contributed by atoms with Gasteiger partial charge in [-0.2, -0.15) is 5.10 Å². The molecule has 11 heteroatoms. The van der Waals surface area contributed by atoms with Crippen LogP contribution in [-0.2, 0) is 25.3 Å². The van der Waals surface area contributed by atoms with Crippen LogP contribution >= 0.6 is 11.6 Å². The number of likely N-dealkylation sites (tertiary alicyclic amines) is 1. The van der Waals surface area contributed by atoms with Gasteiger partial charge in [0.15, 0.2) is 14.1 Å². The Bertz CT molecular complexity index is 958. The zero-order valence-electron chi connectivity index (χ0n) is 21.7.